The predicted octanol–water partition coefficient (Wildman–Crippen LogP) is 3.04. The molecule has 1 N–H and O–H groups in total. The number of amides is 1. The molecule has 4 nitrogen and oxygen atoms in total. The number of carbonyl (C=O) groups is 1. The largest absolute Gasteiger partial charge is 0.497 e. The highest BCUT2D eigenvalue weighted by molar-refractivity contribution is 5.95. The van der Waals surface area contributed by atoms with Crippen LogP contribution in [0.2, 0.25) is 0 Å². The smallest absolute Gasteiger partial charge is 0.255 e. The molecule has 0 bridgehead atoms. The van der Waals surface area contributed by atoms with Crippen molar-refractivity contribution in [1.82, 2.24) is 5.32 Å². The van der Waals surface area contributed by atoms with E-state index in [0.717, 1.165) is 18.9 Å². The molecule has 1 aliphatic carbocycles. The number of halogens is 1. The van der Waals surface area contributed by atoms with Crippen molar-refractivity contribution in [3.05, 3.63) is 29.6 Å². The Morgan fingerprint density at radius 1 is 1.48 bits per heavy atom. The fourth-order valence-corrected chi connectivity index (χ4v) is 2.61. The van der Waals surface area contributed by atoms with Crippen molar-refractivity contribution in [3.63, 3.8) is 0 Å². The van der Waals surface area contributed by atoms with E-state index in [0.29, 0.717) is 24.5 Å². The van der Waals surface area contributed by atoms with Gasteiger partial charge in [0.25, 0.3) is 5.91 Å². The lowest BCUT2D eigenvalue weighted by atomic mass is 9.78. The zero-order valence-corrected chi connectivity index (χ0v) is 12.3. The Balaban J connectivity index is 2.15. The van der Waals surface area contributed by atoms with Crippen molar-refractivity contribution in [3.8, 4) is 11.8 Å². The Morgan fingerprint density at radius 3 is 2.67 bits per heavy atom. The van der Waals surface area contributed by atoms with Crippen molar-refractivity contribution in [1.29, 1.82) is 5.26 Å². The lowest BCUT2D eigenvalue weighted by Crippen LogP contribution is -2.49. The molecule has 1 aromatic carbocycles. The van der Waals surface area contributed by atoms with Crippen molar-refractivity contribution in [2.24, 2.45) is 5.92 Å². The molecule has 1 fully saturated rings. The summed E-state index contributed by atoms with van der Waals surface area (Å²) in [6, 6.07) is 6.27. The van der Waals surface area contributed by atoms with Gasteiger partial charge in [-0.3, -0.25) is 4.79 Å². The molecule has 1 aromatic rings. The van der Waals surface area contributed by atoms with E-state index in [1.807, 2.05) is 0 Å². The third kappa shape index (κ3) is 3.33. The number of nitrogens with zero attached hydrogens (tertiary/aromatic N) is 1. The Labute approximate surface area is 123 Å². The van der Waals surface area contributed by atoms with Gasteiger partial charge in [0.1, 0.15) is 17.1 Å². The van der Waals surface area contributed by atoms with Crippen molar-refractivity contribution >= 4 is 5.91 Å². The molecule has 0 unspecified atom stereocenters. The predicted molar refractivity (Wildman–Crippen MR) is 76.4 cm³/mol. The van der Waals surface area contributed by atoms with Gasteiger partial charge in [-0.2, -0.15) is 5.26 Å². The maximum absolute atomic E-state index is 13.9. The van der Waals surface area contributed by atoms with Crippen molar-refractivity contribution in [2.45, 2.75) is 38.1 Å². The molecule has 1 saturated carbocycles. The molecule has 0 aromatic heterocycles. The van der Waals surface area contributed by atoms with Gasteiger partial charge < -0.3 is 10.1 Å². The van der Waals surface area contributed by atoms with Gasteiger partial charge in [-0.05, 0) is 43.7 Å². The third-order valence-electron chi connectivity index (χ3n) is 4.12. The number of methoxy groups -OCH3 is 1. The fourth-order valence-electron chi connectivity index (χ4n) is 2.61. The molecule has 2 rings (SSSR count). The lowest BCUT2D eigenvalue weighted by molar-refractivity contribution is 0.0889. The molecule has 0 radical (unpaired) electrons. The van der Waals surface area contributed by atoms with Crippen LogP contribution in [0.5, 0.6) is 5.75 Å². The van der Waals surface area contributed by atoms with Crippen LogP contribution in [0, 0.1) is 23.1 Å². The number of rotatable bonds is 3. The van der Waals surface area contributed by atoms with Crippen LogP contribution in [0.4, 0.5) is 4.39 Å². The summed E-state index contributed by atoms with van der Waals surface area (Å²) >= 11 is 0. The van der Waals surface area contributed by atoms with Crippen LogP contribution in [-0.2, 0) is 0 Å². The zero-order valence-electron chi connectivity index (χ0n) is 12.3. The number of nitriles is 1. The number of hydrogen-bond acceptors (Lipinski definition) is 3. The van der Waals surface area contributed by atoms with Crippen LogP contribution in [0.25, 0.3) is 0 Å². The first-order valence-electron chi connectivity index (χ1n) is 7.07. The van der Waals surface area contributed by atoms with Crippen LogP contribution in [0.15, 0.2) is 18.2 Å². The number of ether oxygens (including phenoxy) is 1. The van der Waals surface area contributed by atoms with E-state index < -0.39 is 17.3 Å². The molecular formula is C16H19FN2O2. The number of nitrogens with one attached hydrogen (secondary N) is 1. The summed E-state index contributed by atoms with van der Waals surface area (Å²) in [5.74, 6) is -0.290. The summed E-state index contributed by atoms with van der Waals surface area (Å²) in [7, 11) is 1.43. The van der Waals surface area contributed by atoms with Gasteiger partial charge in [0, 0.05) is 6.07 Å². The monoisotopic (exact) mass is 290 g/mol. The van der Waals surface area contributed by atoms with Gasteiger partial charge in [0.05, 0.1) is 18.7 Å². The summed E-state index contributed by atoms with van der Waals surface area (Å²) in [4.78, 5) is 12.2. The second kappa shape index (κ2) is 6.13. The molecule has 0 saturated heterocycles. The van der Waals surface area contributed by atoms with E-state index in [4.69, 9.17) is 4.74 Å². The summed E-state index contributed by atoms with van der Waals surface area (Å²) in [6.07, 6.45) is 2.99. The molecule has 5 heteroatoms. The highest BCUT2D eigenvalue weighted by Gasteiger charge is 2.36. The molecule has 0 aliphatic heterocycles. The average molecular weight is 290 g/mol. The number of carbonyl (C=O) groups excluding carboxylic acids is 1. The molecule has 21 heavy (non-hydrogen) atoms. The van der Waals surface area contributed by atoms with E-state index in [2.05, 4.69) is 18.3 Å². The van der Waals surface area contributed by atoms with Crippen LogP contribution < -0.4 is 10.1 Å². The van der Waals surface area contributed by atoms with Crippen molar-refractivity contribution in [2.75, 3.05) is 7.11 Å². The lowest BCUT2D eigenvalue weighted by Gasteiger charge is -2.34. The van der Waals surface area contributed by atoms with Gasteiger partial charge in [0.15, 0.2) is 0 Å². The number of benzene rings is 1. The summed E-state index contributed by atoms with van der Waals surface area (Å²) < 4.78 is 18.8. The molecule has 112 valence electrons. The second-order valence-corrected chi connectivity index (χ2v) is 5.68. The van der Waals surface area contributed by atoms with Gasteiger partial charge >= 0.3 is 0 Å². The molecule has 0 heterocycles. The highest BCUT2D eigenvalue weighted by Crippen LogP contribution is 2.31. The summed E-state index contributed by atoms with van der Waals surface area (Å²) in [6.45, 7) is 2.13. The average Bonchev–Trinajstić information content (AvgIpc) is 2.49. The van der Waals surface area contributed by atoms with E-state index in [1.165, 1.54) is 19.2 Å². The fraction of sp³-hybridized carbons (Fsp3) is 0.500. The van der Waals surface area contributed by atoms with E-state index >= 15 is 0 Å². The first-order chi connectivity index (χ1) is 9.99. The molecular weight excluding hydrogens is 271 g/mol. The van der Waals surface area contributed by atoms with Crippen LogP contribution in [-0.4, -0.2) is 18.6 Å². The second-order valence-electron chi connectivity index (χ2n) is 5.68. The minimum Gasteiger partial charge on any atom is -0.497 e. The Hall–Kier alpha value is -2.09. The normalized spacial score (nSPS) is 25.0. The topological polar surface area (TPSA) is 62.1 Å². The van der Waals surface area contributed by atoms with Crippen molar-refractivity contribution < 1.29 is 13.9 Å². The maximum atomic E-state index is 13.9. The molecule has 0 atom stereocenters. The highest BCUT2D eigenvalue weighted by atomic mass is 19.1. The first kappa shape index (κ1) is 15.3. The van der Waals surface area contributed by atoms with E-state index in [1.54, 1.807) is 0 Å². The van der Waals surface area contributed by atoms with Gasteiger partial charge in [-0.15, -0.1) is 0 Å². The van der Waals surface area contributed by atoms with Crippen LogP contribution in [0.1, 0.15) is 43.0 Å². The van der Waals surface area contributed by atoms with E-state index in [9.17, 15) is 14.4 Å². The first-order valence-corrected chi connectivity index (χ1v) is 7.07. The minimum absolute atomic E-state index is 0.0657. The van der Waals surface area contributed by atoms with Crippen LogP contribution >= 0.6 is 0 Å². The SMILES string of the molecule is COc1ccc(C(=O)NC2(C#N)CCC(C)CC2)c(F)c1. The number of hydrogen-bond donors (Lipinski definition) is 1. The zero-order chi connectivity index (χ0) is 15.5. The van der Waals surface area contributed by atoms with Gasteiger partial charge in [-0.1, -0.05) is 6.92 Å². The van der Waals surface area contributed by atoms with E-state index in [-0.39, 0.29) is 5.56 Å². The Kier molecular flexibility index (Phi) is 4.46. The van der Waals surface area contributed by atoms with Crippen LogP contribution in [0.3, 0.4) is 0 Å². The summed E-state index contributed by atoms with van der Waals surface area (Å²) in [5, 5.41) is 12.1. The standard InChI is InChI=1S/C16H19FN2O2/c1-11-5-7-16(10-18,8-6-11)19-15(20)13-4-3-12(21-2)9-14(13)17/h3-4,9,11H,5-8H2,1-2H3,(H,19,20). The Bertz CT molecular complexity index is 572. The third-order valence-corrected chi connectivity index (χ3v) is 4.12. The molecule has 0 spiro atoms. The molecule has 1 amide bonds. The van der Waals surface area contributed by atoms with Gasteiger partial charge in [0.2, 0.25) is 0 Å². The Morgan fingerprint density at radius 2 is 2.14 bits per heavy atom. The summed E-state index contributed by atoms with van der Waals surface area (Å²) in [5.41, 5.74) is -0.945. The quantitative estimate of drug-likeness (QED) is 0.930. The van der Waals surface area contributed by atoms with Gasteiger partial charge in [-0.25, -0.2) is 4.39 Å². The minimum atomic E-state index is -0.879. The maximum Gasteiger partial charge on any atom is 0.255 e. The molecule has 1 aliphatic rings.